The second-order valence-electron chi connectivity index (χ2n) is 1.81. The second kappa shape index (κ2) is 3.55. The SMILES string of the molecule is C[C@@H](O)[C@H](O)C(=O)CO. The monoisotopic (exact) mass is 134 g/mol. The van der Waals surface area contributed by atoms with Crippen LogP contribution >= 0.6 is 0 Å². The molecule has 0 aliphatic rings. The third-order valence-electron chi connectivity index (χ3n) is 0.943. The molecule has 0 bridgehead atoms. The molecular formula is C5H10O4. The number of aliphatic hydroxyl groups excluding tert-OH is 3. The van der Waals surface area contributed by atoms with Crippen molar-refractivity contribution < 1.29 is 20.1 Å². The highest BCUT2D eigenvalue weighted by molar-refractivity contribution is 5.84. The predicted octanol–water partition coefficient (Wildman–Crippen LogP) is -1.71. The number of hydrogen-bond acceptors (Lipinski definition) is 4. The first-order valence-corrected chi connectivity index (χ1v) is 2.59. The van der Waals surface area contributed by atoms with Crippen LogP contribution in [0.5, 0.6) is 0 Å². The van der Waals surface area contributed by atoms with Crippen molar-refractivity contribution in [3.63, 3.8) is 0 Å². The lowest BCUT2D eigenvalue weighted by molar-refractivity contribution is -0.134. The molecule has 0 heterocycles. The highest BCUT2D eigenvalue weighted by Gasteiger charge is 2.18. The molecule has 54 valence electrons. The molecule has 4 nitrogen and oxygen atoms in total. The van der Waals surface area contributed by atoms with Gasteiger partial charge in [-0.05, 0) is 6.92 Å². The summed E-state index contributed by atoms with van der Waals surface area (Å²) in [5.74, 6) is -0.759. The van der Waals surface area contributed by atoms with Crippen LogP contribution in [0.3, 0.4) is 0 Å². The summed E-state index contributed by atoms with van der Waals surface area (Å²) in [6.07, 6.45) is -2.56. The van der Waals surface area contributed by atoms with Gasteiger partial charge in [0.15, 0.2) is 5.78 Å². The molecule has 2 atom stereocenters. The quantitative estimate of drug-likeness (QED) is 0.429. The maximum Gasteiger partial charge on any atom is 0.189 e. The zero-order valence-electron chi connectivity index (χ0n) is 5.11. The van der Waals surface area contributed by atoms with Crippen LogP contribution in [0.2, 0.25) is 0 Å². The number of Topliss-reactive ketones (excluding diaryl/α,β-unsaturated/α-hetero) is 1. The molecule has 0 amide bonds. The van der Waals surface area contributed by atoms with Crippen molar-refractivity contribution in [3.8, 4) is 0 Å². The van der Waals surface area contributed by atoms with Gasteiger partial charge in [-0.25, -0.2) is 0 Å². The van der Waals surface area contributed by atoms with E-state index >= 15 is 0 Å². The fourth-order valence-electron chi connectivity index (χ4n) is 0.363. The van der Waals surface area contributed by atoms with Crippen molar-refractivity contribution in [3.05, 3.63) is 0 Å². The van der Waals surface area contributed by atoms with Crippen molar-refractivity contribution >= 4 is 5.78 Å². The lowest BCUT2D eigenvalue weighted by Crippen LogP contribution is -2.33. The average Bonchev–Trinajstić information content (AvgIpc) is 1.84. The first-order valence-electron chi connectivity index (χ1n) is 2.59. The molecule has 0 fully saturated rings. The molecule has 0 aromatic rings. The molecule has 0 rings (SSSR count). The van der Waals surface area contributed by atoms with Crippen molar-refractivity contribution in [1.82, 2.24) is 0 Å². The first kappa shape index (κ1) is 8.55. The standard InChI is InChI=1S/C5H10O4/c1-3(7)5(9)4(8)2-6/h3,5-7,9H,2H2,1H3/t3-,5+/m1/s1. The summed E-state index contributed by atoms with van der Waals surface area (Å²) in [6, 6.07) is 0. The molecule has 9 heavy (non-hydrogen) atoms. The molecule has 0 radical (unpaired) electrons. The number of hydrogen-bond donors (Lipinski definition) is 3. The van der Waals surface area contributed by atoms with Gasteiger partial charge in [0.25, 0.3) is 0 Å². The van der Waals surface area contributed by atoms with Gasteiger partial charge in [-0.15, -0.1) is 0 Å². The Morgan fingerprint density at radius 1 is 1.56 bits per heavy atom. The van der Waals surface area contributed by atoms with Crippen molar-refractivity contribution in [2.75, 3.05) is 6.61 Å². The molecule has 0 spiro atoms. The Labute approximate surface area is 52.7 Å². The summed E-state index contributed by atoms with van der Waals surface area (Å²) < 4.78 is 0. The van der Waals surface area contributed by atoms with Gasteiger partial charge in [0, 0.05) is 0 Å². The third-order valence-corrected chi connectivity index (χ3v) is 0.943. The van der Waals surface area contributed by atoms with E-state index in [1.165, 1.54) is 6.92 Å². The van der Waals surface area contributed by atoms with Crippen LogP contribution in [-0.4, -0.2) is 39.9 Å². The minimum Gasteiger partial charge on any atom is -0.390 e. The van der Waals surface area contributed by atoms with E-state index < -0.39 is 24.6 Å². The van der Waals surface area contributed by atoms with Gasteiger partial charge in [0.2, 0.25) is 0 Å². The van der Waals surface area contributed by atoms with Crippen molar-refractivity contribution in [1.29, 1.82) is 0 Å². The Morgan fingerprint density at radius 2 is 2.00 bits per heavy atom. The molecular weight excluding hydrogens is 124 g/mol. The van der Waals surface area contributed by atoms with Crippen LogP contribution in [0.25, 0.3) is 0 Å². The highest BCUT2D eigenvalue weighted by atomic mass is 16.3. The summed E-state index contributed by atoms with van der Waals surface area (Å²) in [4.78, 5) is 10.3. The predicted molar refractivity (Wildman–Crippen MR) is 29.8 cm³/mol. The first-order chi connectivity index (χ1) is 4.09. The van der Waals surface area contributed by atoms with Crippen LogP contribution in [-0.2, 0) is 4.79 Å². The summed E-state index contributed by atoms with van der Waals surface area (Å²) in [6.45, 7) is 0.546. The molecule has 4 heteroatoms. The van der Waals surface area contributed by atoms with Crippen LogP contribution in [0.1, 0.15) is 6.92 Å². The van der Waals surface area contributed by atoms with Gasteiger partial charge in [0.05, 0.1) is 6.10 Å². The van der Waals surface area contributed by atoms with Crippen LogP contribution in [0, 0.1) is 0 Å². The minimum atomic E-state index is -1.45. The van der Waals surface area contributed by atoms with Crippen LogP contribution < -0.4 is 0 Å². The Balaban J connectivity index is 3.72. The number of carbonyl (C=O) groups excluding carboxylic acids is 1. The molecule has 0 aromatic carbocycles. The van der Waals surface area contributed by atoms with Gasteiger partial charge in [0.1, 0.15) is 12.7 Å². The minimum absolute atomic E-state index is 0.730. The summed E-state index contributed by atoms with van der Waals surface area (Å²) in [5, 5.41) is 25.3. The highest BCUT2D eigenvalue weighted by Crippen LogP contribution is 1.91. The number of aliphatic hydroxyl groups is 3. The topological polar surface area (TPSA) is 77.8 Å². The van der Waals surface area contributed by atoms with Gasteiger partial charge >= 0.3 is 0 Å². The maximum atomic E-state index is 10.3. The Morgan fingerprint density at radius 3 is 2.11 bits per heavy atom. The van der Waals surface area contributed by atoms with E-state index in [4.69, 9.17) is 15.3 Å². The molecule has 0 saturated carbocycles. The fourth-order valence-corrected chi connectivity index (χ4v) is 0.363. The number of ketones is 1. The van der Waals surface area contributed by atoms with E-state index in [2.05, 4.69) is 0 Å². The summed E-state index contributed by atoms with van der Waals surface area (Å²) >= 11 is 0. The molecule has 3 N–H and O–H groups in total. The lowest BCUT2D eigenvalue weighted by Gasteiger charge is -2.09. The number of carbonyl (C=O) groups is 1. The van der Waals surface area contributed by atoms with Crippen molar-refractivity contribution in [2.45, 2.75) is 19.1 Å². The van der Waals surface area contributed by atoms with E-state index in [-0.39, 0.29) is 0 Å². The number of rotatable bonds is 3. The smallest absolute Gasteiger partial charge is 0.189 e. The average molecular weight is 134 g/mol. The third kappa shape index (κ3) is 2.55. The molecule has 0 unspecified atom stereocenters. The van der Waals surface area contributed by atoms with E-state index in [0.717, 1.165) is 0 Å². The van der Waals surface area contributed by atoms with E-state index in [9.17, 15) is 4.79 Å². The zero-order valence-corrected chi connectivity index (χ0v) is 5.11. The Kier molecular flexibility index (Phi) is 3.37. The van der Waals surface area contributed by atoms with Gasteiger partial charge < -0.3 is 15.3 Å². The van der Waals surface area contributed by atoms with E-state index in [0.29, 0.717) is 0 Å². The van der Waals surface area contributed by atoms with Gasteiger partial charge in [-0.3, -0.25) is 4.79 Å². The summed E-state index contributed by atoms with van der Waals surface area (Å²) in [5.41, 5.74) is 0. The van der Waals surface area contributed by atoms with Crippen LogP contribution in [0.4, 0.5) is 0 Å². The maximum absolute atomic E-state index is 10.3. The largest absolute Gasteiger partial charge is 0.390 e. The molecule has 0 aliphatic heterocycles. The fraction of sp³-hybridized carbons (Fsp3) is 0.800. The second-order valence-corrected chi connectivity index (χ2v) is 1.81. The normalized spacial score (nSPS) is 16.9. The lowest BCUT2D eigenvalue weighted by atomic mass is 10.1. The van der Waals surface area contributed by atoms with Crippen LogP contribution in [0.15, 0.2) is 0 Å². The molecule has 0 aromatic heterocycles. The van der Waals surface area contributed by atoms with Gasteiger partial charge in [-0.1, -0.05) is 0 Å². The van der Waals surface area contributed by atoms with E-state index in [1.807, 2.05) is 0 Å². The molecule has 0 aliphatic carbocycles. The zero-order chi connectivity index (χ0) is 7.44. The van der Waals surface area contributed by atoms with Crippen molar-refractivity contribution in [2.24, 2.45) is 0 Å². The van der Waals surface area contributed by atoms with E-state index in [1.54, 1.807) is 0 Å². The van der Waals surface area contributed by atoms with Gasteiger partial charge in [-0.2, -0.15) is 0 Å². The Hall–Kier alpha value is -0.450. The Bertz CT molecular complexity index is 99.1. The molecule has 0 saturated heterocycles. The summed E-state index contributed by atoms with van der Waals surface area (Å²) in [7, 11) is 0.